The molecule has 0 aliphatic carbocycles. The second kappa shape index (κ2) is 20.8. The molecule has 0 aromatic rings. The van der Waals surface area contributed by atoms with E-state index in [2.05, 4.69) is 20.8 Å². The third-order valence-corrected chi connectivity index (χ3v) is 6.75. The van der Waals surface area contributed by atoms with Crippen LogP contribution >= 0.6 is 0 Å². The van der Waals surface area contributed by atoms with E-state index < -0.39 is 17.8 Å². The van der Waals surface area contributed by atoms with Crippen molar-refractivity contribution in [1.29, 1.82) is 0 Å². The molecule has 0 heterocycles. The highest BCUT2D eigenvalue weighted by atomic mass is 16.4. The lowest BCUT2D eigenvalue weighted by atomic mass is 9.80. The average Bonchev–Trinajstić information content (AvgIpc) is 2.74. The Balaban J connectivity index is 4.48. The van der Waals surface area contributed by atoms with Crippen molar-refractivity contribution in [2.24, 2.45) is 0 Å². The van der Waals surface area contributed by atoms with Gasteiger partial charge in [0.05, 0.1) is 12.2 Å². The van der Waals surface area contributed by atoms with E-state index in [1.165, 1.54) is 77.0 Å². The molecule has 0 saturated heterocycles. The van der Waals surface area contributed by atoms with E-state index in [0.717, 1.165) is 38.5 Å². The Labute approximate surface area is 189 Å². The Kier molecular flexibility index (Phi) is 20.7. The van der Waals surface area contributed by atoms with Crippen LogP contribution < -0.4 is 0 Å². The van der Waals surface area contributed by atoms with Crippen molar-refractivity contribution in [2.75, 3.05) is 0 Å². The number of aliphatic hydroxyl groups excluding tert-OH is 2. The van der Waals surface area contributed by atoms with Gasteiger partial charge in [-0.25, -0.2) is 0 Å². The van der Waals surface area contributed by atoms with Gasteiger partial charge in [-0.05, 0) is 19.3 Å². The second-order valence-electron chi connectivity index (χ2n) is 9.65. The second-order valence-corrected chi connectivity index (χ2v) is 9.65. The maximum Gasteiger partial charge on any atom is 0.116 e. The molecule has 0 fully saturated rings. The van der Waals surface area contributed by atoms with Crippen molar-refractivity contribution >= 4 is 0 Å². The maximum absolute atomic E-state index is 11.3. The zero-order valence-corrected chi connectivity index (χ0v) is 20.8. The summed E-state index contributed by atoms with van der Waals surface area (Å²) < 4.78 is 0. The van der Waals surface area contributed by atoms with Crippen molar-refractivity contribution in [3.8, 4) is 0 Å². The van der Waals surface area contributed by atoms with Crippen LogP contribution in [-0.2, 0) is 0 Å². The summed E-state index contributed by atoms with van der Waals surface area (Å²) in [5, 5.41) is 33.0. The predicted octanol–water partition coefficient (Wildman–Crippen LogP) is 7.69. The average molecular weight is 429 g/mol. The normalized spacial score (nSPS) is 15.8. The van der Waals surface area contributed by atoms with Crippen LogP contribution in [0.1, 0.15) is 156 Å². The van der Waals surface area contributed by atoms with Crippen LogP contribution in [0, 0.1) is 0 Å². The molecule has 2 unspecified atom stereocenters. The Morgan fingerprint density at radius 3 is 1.13 bits per heavy atom. The van der Waals surface area contributed by atoms with Crippen molar-refractivity contribution < 1.29 is 15.3 Å². The molecule has 0 aliphatic heterocycles. The summed E-state index contributed by atoms with van der Waals surface area (Å²) in [4.78, 5) is 0. The molecule has 0 saturated carbocycles. The molecule has 0 spiro atoms. The van der Waals surface area contributed by atoms with Gasteiger partial charge >= 0.3 is 0 Å². The number of hydrogen-bond donors (Lipinski definition) is 3. The maximum atomic E-state index is 11.3. The highest BCUT2D eigenvalue weighted by Gasteiger charge is 2.41. The largest absolute Gasteiger partial charge is 0.390 e. The Morgan fingerprint density at radius 2 is 0.767 bits per heavy atom. The summed E-state index contributed by atoms with van der Waals surface area (Å²) in [5.74, 6) is 0. The van der Waals surface area contributed by atoms with Gasteiger partial charge in [-0.1, -0.05) is 136 Å². The molecule has 3 heteroatoms. The van der Waals surface area contributed by atoms with Gasteiger partial charge in [-0.2, -0.15) is 0 Å². The van der Waals surface area contributed by atoms with E-state index in [-0.39, 0.29) is 0 Å². The van der Waals surface area contributed by atoms with Crippen molar-refractivity contribution in [2.45, 2.75) is 173 Å². The van der Waals surface area contributed by atoms with Crippen molar-refractivity contribution in [3.63, 3.8) is 0 Å². The number of unbranched alkanes of at least 4 members (excludes halogenated alkanes) is 15. The molecule has 0 aromatic carbocycles. The van der Waals surface area contributed by atoms with Gasteiger partial charge in [0.15, 0.2) is 0 Å². The molecule has 3 nitrogen and oxygen atoms in total. The fourth-order valence-electron chi connectivity index (χ4n) is 4.48. The van der Waals surface area contributed by atoms with Crippen LogP contribution in [0.25, 0.3) is 0 Å². The molecule has 0 aliphatic rings. The van der Waals surface area contributed by atoms with Crippen LogP contribution in [0.3, 0.4) is 0 Å². The van der Waals surface area contributed by atoms with Crippen LogP contribution in [0.15, 0.2) is 0 Å². The van der Waals surface area contributed by atoms with E-state index in [1.807, 2.05) is 0 Å². The first-order chi connectivity index (χ1) is 14.5. The Hall–Kier alpha value is -0.120. The lowest BCUT2D eigenvalue weighted by Gasteiger charge is -2.38. The van der Waals surface area contributed by atoms with Gasteiger partial charge in [0.25, 0.3) is 0 Å². The van der Waals surface area contributed by atoms with Gasteiger partial charge < -0.3 is 15.3 Å². The first-order valence-corrected chi connectivity index (χ1v) is 13.6. The van der Waals surface area contributed by atoms with Gasteiger partial charge in [0.1, 0.15) is 5.60 Å². The summed E-state index contributed by atoms with van der Waals surface area (Å²) in [5.41, 5.74) is -1.34. The molecule has 0 radical (unpaired) electrons. The smallest absolute Gasteiger partial charge is 0.116 e. The molecule has 3 N–H and O–H groups in total. The summed E-state index contributed by atoms with van der Waals surface area (Å²) >= 11 is 0. The standard InChI is InChI=1S/C27H56O3/c1-4-7-10-13-16-19-22-25(28)27(30,24-21-18-15-12-9-6-3)26(29)23-20-17-14-11-8-5-2/h25-26,28-30H,4-24H2,1-3H3. The Bertz CT molecular complexity index is 323. The minimum absolute atomic E-state index is 0.521. The molecule has 0 rings (SSSR count). The highest BCUT2D eigenvalue weighted by Crippen LogP contribution is 2.30. The topological polar surface area (TPSA) is 60.7 Å². The van der Waals surface area contributed by atoms with Crippen LogP contribution in [0.2, 0.25) is 0 Å². The van der Waals surface area contributed by atoms with Gasteiger partial charge in [-0.15, -0.1) is 0 Å². The molecular weight excluding hydrogens is 372 g/mol. The minimum atomic E-state index is -1.34. The molecular formula is C27H56O3. The summed E-state index contributed by atoms with van der Waals surface area (Å²) in [6.07, 6.45) is 21.1. The molecule has 2 atom stereocenters. The van der Waals surface area contributed by atoms with Crippen molar-refractivity contribution in [1.82, 2.24) is 0 Å². The lowest BCUT2D eigenvalue weighted by molar-refractivity contribution is -0.156. The van der Waals surface area contributed by atoms with E-state index >= 15 is 0 Å². The van der Waals surface area contributed by atoms with E-state index in [0.29, 0.717) is 19.3 Å². The fraction of sp³-hybridized carbons (Fsp3) is 1.00. The molecule has 30 heavy (non-hydrogen) atoms. The predicted molar refractivity (Wildman–Crippen MR) is 131 cm³/mol. The van der Waals surface area contributed by atoms with E-state index in [1.54, 1.807) is 0 Å². The number of rotatable bonds is 23. The third kappa shape index (κ3) is 14.8. The van der Waals surface area contributed by atoms with E-state index in [9.17, 15) is 15.3 Å². The molecule has 0 aromatic heterocycles. The zero-order chi connectivity index (χ0) is 22.5. The van der Waals surface area contributed by atoms with Gasteiger partial charge in [0, 0.05) is 0 Å². The quantitative estimate of drug-likeness (QED) is 0.146. The summed E-state index contributed by atoms with van der Waals surface area (Å²) in [6.45, 7) is 6.66. The molecule has 0 bridgehead atoms. The highest BCUT2D eigenvalue weighted by molar-refractivity contribution is 4.93. The number of aliphatic hydroxyl groups is 3. The fourth-order valence-corrected chi connectivity index (χ4v) is 4.48. The Morgan fingerprint density at radius 1 is 0.467 bits per heavy atom. The molecule has 0 amide bonds. The lowest BCUT2D eigenvalue weighted by Crippen LogP contribution is -2.52. The number of hydrogen-bond acceptors (Lipinski definition) is 3. The van der Waals surface area contributed by atoms with E-state index in [4.69, 9.17) is 0 Å². The van der Waals surface area contributed by atoms with Crippen LogP contribution in [0.4, 0.5) is 0 Å². The molecule has 182 valence electrons. The van der Waals surface area contributed by atoms with Gasteiger partial charge in [0.2, 0.25) is 0 Å². The van der Waals surface area contributed by atoms with Crippen LogP contribution in [-0.4, -0.2) is 33.1 Å². The summed E-state index contributed by atoms with van der Waals surface area (Å²) in [6, 6.07) is 0. The van der Waals surface area contributed by atoms with Crippen LogP contribution in [0.5, 0.6) is 0 Å². The van der Waals surface area contributed by atoms with Crippen molar-refractivity contribution in [3.05, 3.63) is 0 Å². The first kappa shape index (κ1) is 29.9. The van der Waals surface area contributed by atoms with Gasteiger partial charge in [-0.3, -0.25) is 0 Å². The first-order valence-electron chi connectivity index (χ1n) is 13.6. The minimum Gasteiger partial charge on any atom is -0.390 e. The SMILES string of the molecule is CCCCCCCCC(O)C(O)(CCCCCCCC)C(O)CCCCCCCC. The zero-order valence-electron chi connectivity index (χ0n) is 20.8. The third-order valence-electron chi connectivity index (χ3n) is 6.75. The monoisotopic (exact) mass is 428 g/mol. The summed E-state index contributed by atoms with van der Waals surface area (Å²) in [7, 11) is 0.